The van der Waals surface area contributed by atoms with E-state index in [-0.39, 0.29) is 5.91 Å². The van der Waals surface area contributed by atoms with E-state index in [1.807, 2.05) is 42.5 Å². The molecule has 0 atom stereocenters. The van der Waals surface area contributed by atoms with Gasteiger partial charge in [0.25, 0.3) is 5.91 Å². The molecule has 6 nitrogen and oxygen atoms in total. The van der Waals surface area contributed by atoms with Gasteiger partial charge >= 0.3 is 5.63 Å². The monoisotopic (exact) mass is 492 g/mol. The summed E-state index contributed by atoms with van der Waals surface area (Å²) in [5.74, 6) is 0.0637. The Kier molecular flexibility index (Phi) is 5.36. The zero-order chi connectivity index (χ0) is 24.6. The topological polar surface area (TPSA) is 85.3 Å². The number of oxazole rings is 1. The van der Waals surface area contributed by atoms with Crippen LogP contribution in [0.25, 0.3) is 44.7 Å². The van der Waals surface area contributed by atoms with Crippen LogP contribution in [0.15, 0.2) is 111 Å². The Balaban J connectivity index is 1.25. The van der Waals surface area contributed by atoms with Gasteiger partial charge in [0.05, 0.1) is 16.1 Å². The number of hydrogen-bond donors (Lipinski definition) is 1. The molecule has 6 aromatic rings. The molecule has 0 unspecified atom stereocenters. The van der Waals surface area contributed by atoms with Crippen LogP contribution in [0.4, 0.5) is 5.69 Å². The lowest BCUT2D eigenvalue weighted by atomic mass is 10.0. The Labute approximate surface area is 209 Å². The van der Waals surface area contributed by atoms with Crippen LogP contribution in [0, 0.1) is 0 Å². The van der Waals surface area contributed by atoms with Gasteiger partial charge in [0.2, 0.25) is 5.89 Å². The van der Waals surface area contributed by atoms with Crippen LogP contribution in [0.3, 0.4) is 0 Å². The molecule has 0 saturated heterocycles. The largest absolute Gasteiger partial charge is 0.436 e. The van der Waals surface area contributed by atoms with Crippen molar-refractivity contribution >= 4 is 45.3 Å². The third kappa shape index (κ3) is 4.04. The van der Waals surface area contributed by atoms with Crippen LogP contribution in [-0.4, -0.2) is 10.9 Å². The fourth-order valence-corrected chi connectivity index (χ4v) is 4.22. The number of nitrogens with one attached hydrogen (secondary N) is 1. The lowest BCUT2D eigenvalue weighted by molar-refractivity contribution is 0.102. The number of anilines is 1. The van der Waals surface area contributed by atoms with E-state index in [1.54, 1.807) is 54.6 Å². The summed E-state index contributed by atoms with van der Waals surface area (Å²) < 4.78 is 11.3. The number of halogens is 1. The predicted octanol–water partition coefficient (Wildman–Crippen LogP) is 7.17. The zero-order valence-electron chi connectivity index (χ0n) is 18.7. The van der Waals surface area contributed by atoms with Crippen molar-refractivity contribution in [2.75, 3.05) is 5.32 Å². The summed E-state index contributed by atoms with van der Waals surface area (Å²) in [6.07, 6.45) is 0. The molecule has 6 rings (SSSR count). The van der Waals surface area contributed by atoms with Gasteiger partial charge in [0.15, 0.2) is 5.58 Å². The number of benzene rings is 4. The molecule has 1 amide bonds. The molecule has 0 fully saturated rings. The number of rotatable bonds is 4. The SMILES string of the molecule is O=C(Nc1ccc(Cl)c(-c2nc3ccccc3o2)c1)c1ccc(-c2cc3ccccc3oc2=O)cc1. The molecule has 4 aromatic carbocycles. The van der Waals surface area contributed by atoms with Gasteiger partial charge in [-0.1, -0.05) is 54.1 Å². The Hall–Kier alpha value is -4.68. The normalized spacial score (nSPS) is 11.1. The van der Waals surface area contributed by atoms with Crippen LogP contribution < -0.4 is 10.9 Å². The second-order valence-corrected chi connectivity index (χ2v) is 8.61. The van der Waals surface area contributed by atoms with Crippen molar-refractivity contribution in [2.24, 2.45) is 0 Å². The van der Waals surface area contributed by atoms with E-state index >= 15 is 0 Å². The third-order valence-corrected chi connectivity index (χ3v) is 6.18. The number of fused-ring (bicyclic) bond motifs is 2. The molecule has 0 saturated carbocycles. The molecule has 2 aromatic heterocycles. The maximum atomic E-state index is 12.9. The third-order valence-electron chi connectivity index (χ3n) is 5.85. The molecule has 0 spiro atoms. The Morgan fingerprint density at radius 3 is 2.33 bits per heavy atom. The van der Waals surface area contributed by atoms with E-state index in [9.17, 15) is 9.59 Å². The van der Waals surface area contributed by atoms with E-state index < -0.39 is 5.63 Å². The quantitative estimate of drug-likeness (QED) is 0.263. The number of para-hydroxylation sites is 3. The number of nitrogens with zero attached hydrogens (tertiary/aromatic N) is 1. The number of hydrogen-bond acceptors (Lipinski definition) is 5. The van der Waals surface area contributed by atoms with Crippen LogP contribution in [0.1, 0.15) is 10.4 Å². The van der Waals surface area contributed by atoms with Gasteiger partial charge in [-0.15, -0.1) is 0 Å². The highest BCUT2D eigenvalue weighted by Gasteiger charge is 2.15. The van der Waals surface area contributed by atoms with Gasteiger partial charge in [0.1, 0.15) is 11.1 Å². The smallest absolute Gasteiger partial charge is 0.344 e. The summed E-state index contributed by atoms with van der Waals surface area (Å²) in [7, 11) is 0. The number of carbonyl (C=O) groups excluding carboxylic acids is 1. The van der Waals surface area contributed by atoms with Crippen LogP contribution in [0.2, 0.25) is 5.02 Å². The first kappa shape index (κ1) is 21.8. The summed E-state index contributed by atoms with van der Waals surface area (Å²) in [6.45, 7) is 0. The predicted molar refractivity (Wildman–Crippen MR) is 140 cm³/mol. The highest BCUT2D eigenvalue weighted by molar-refractivity contribution is 6.33. The lowest BCUT2D eigenvalue weighted by Gasteiger charge is -2.08. The molecule has 0 aliphatic heterocycles. The first-order chi connectivity index (χ1) is 17.5. The fourth-order valence-electron chi connectivity index (χ4n) is 4.02. The fraction of sp³-hybridized carbons (Fsp3) is 0. The number of aromatic nitrogens is 1. The van der Waals surface area contributed by atoms with Gasteiger partial charge in [-0.2, -0.15) is 0 Å². The molecule has 2 heterocycles. The molecule has 7 heteroatoms. The van der Waals surface area contributed by atoms with E-state index in [0.717, 1.165) is 10.9 Å². The molecule has 1 N–H and O–H groups in total. The van der Waals surface area contributed by atoms with Crippen LogP contribution >= 0.6 is 11.6 Å². The van der Waals surface area contributed by atoms with Gasteiger partial charge < -0.3 is 14.2 Å². The molecule has 36 heavy (non-hydrogen) atoms. The molecular formula is C29H17ClN2O4. The first-order valence-corrected chi connectivity index (χ1v) is 11.5. The van der Waals surface area contributed by atoms with Crippen molar-refractivity contribution in [2.45, 2.75) is 0 Å². The average Bonchev–Trinajstić information content (AvgIpc) is 3.33. The summed E-state index contributed by atoms with van der Waals surface area (Å²) in [4.78, 5) is 29.9. The van der Waals surface area contributed by atoms with Crippen LogP contribution in [0.5, 0.6) is 0 Å². The molecule has 0 bridgehead atoms. The van der Waals surface area contributed by atoms with Gasteiger partial charge in [-0.25, -0.2) is 9.78 Å². The average molecular weight is 493 g/mol. The van der Waals surface area contributed by atoms with E-state index in [1.165, 1.54) is 0 Å². The van der Waals surface area contributed by atoms with E-state index in [2.05, 4.69) is 10.3 Å². The van der Waals surface area contributed by atoms with Crippen molar-refractivity contribution in [3.63, 3.8) is 0 Å². The minimum atomic E-state index is -0.432. The zero-order valence-corrected chi connectivity index (χ0v) is 19.5. The van der Waals surface area contributed by atoms with E-state index in [0.29, 0.717) is 50.0 Å². The van der Waals surface area contributed by atoms with Crippen molar-refractivity contribution in [1.29, 1.82) is 0 Å². The second kappa shape index (κ2) is 8.83. The first-order valence-electron chi connectivity index (χ1n) is 11.2. The van der Waals surface area contributed by atoms with Gasteiger partial charge in [-0.3, -0.25) is 4.79 Å². The van der Waals surface area contributed by atoms with E-state index in [4.69, 9.17) is 20.4 Å². The van der Waals surface area contributed by atoms with Gasteiger partial charge in [0, 0.05) is 16.6 Å². The molecule has 0 radical (unpaired) electrons. The summed E-state index contributed by atoms with van der Waals surface area (Å²) in [5, 5.41) is 4.16. The molecule has 0 aliphatic carbocycles. The van der Waals surface area contributed by atoms with Crippen molar-refractivity contribution in [3.05, 3.63) is 118 Å². The van der Waals surface area contributed by atoms with Crippen molar-refractivity contribution < 1.29 is 13.6 Å². The molecule has 0 aliphatic rings. The maximum absolute atomic E-state index is 12.9. The maximum Gasteiger partial charge on any atom is 0.344 e. The highest BCUT2D eigenvalue weighted by Crippen LogP contribution is 2.32. The van der Waals surface area contributed by atoms with Crippen LogP contribution in [-0.2, 0) is 0 Å². The summed E-state index contributed by atoms with van der Waals surface area (Å²) in [5.41, 5.74) is 4.11. The standard InChI is InChI=1S/C29H17ClN2O4/c30-23-14-13-20(16-22(23)28-32-24-6-2-4-8-26(24)35-28)31-27(33)18-11-9-17(10-12-18)21-15-19-5-1-3-7-25(19)36-29(21)34/h1-16H,(H,31,33). The minimum Gasteiger partial charge on any atom is -0.436 e. The Bertz CT molecular complexity index is 1790. The number of amides is 1. The Morgan fingerprint density at radius 2 is 1.53 bits per heavy atom. The summed E-state index contributed by atoms with van der Waals surface area (Å²) in [6, 6.07) is 28.4. The Morgan fingerprint density at radius 1 is 0.778 bits per heavy atom. The second-order valence-electron chi connectivity index (χ2n) is 8.20. The molecule has 174 valence electrons. The highest BCUT2D eigenvalue weighted by atomic mass is 35.5. The lowest BCUT2D eigenvalue weighted by Crippen LogP contribution is -2.12. The molecular weight excluding hydrogens is 476 g/mol. The van der Waals surface area contributed by atoms with Crippen molar-refractivity contribution in [1.82, 2.24) is 4.98 Å². The van der Waals surface area contributed by atoms with Gasteiger partial charge in [-0.05, 0) is 60.2 Å². The minimum absolute atomic E-state index is 0.307. The summed E-state index contributed by atoms with van der Waals surface area (Å²) >= 11 is 6.39. The number of carbonyl (C=O) groups is 1. The van der Waals surface area contributed by atoms with Crippen molar-refractivity contribution in [3.8, 4) is 22.6 Å².